The van der Waals surface area contributed by atoms with Crippen molar-refractivity contribution < 1.29 is 9.21 Å². The molecule has 0 radical (unpaired) electrons. The molecule has 0 fully saturated rings. The Balaban J connectivity index is 1.89. The standard InChI is InChI=1S/C22H23NO3/c1-4-15-9-11-16(12-10-15)21(14(2)3)23-22(25)20-13-18(24)17-7-5-6-8-19(17)26-20/h5-14,21H,4H2,1-3H3,(H,23,25)/t21-/m0/s1. The monoisotopic (exact) mass is 349 g/mol. The summed E-state index contributed by atoms with van der Waals surface area (Å²) < 4.78 is 5.65. The molecule has 1 amide bonds. The van der Waals surface area contributed by atoms with Gasteiger partial charge >= 0.3 is 0 Å². The second kappa shape index (κ2) is 7.56. The highest BCUT2D eigenvalue weighted by molar-refractivity contribution is 5.93. The number of rotatable bonds is 5. The fourth-order valence-electron chi connectivity index (χ4n) is 3.02. The van der Waals surface area contributed by atoms with Crippen LogP contribution < -0.4 is 10.7 Å². The molecule has 0 bridgehead atoms. The molecule has 1 heterocycles. The van der Waals surface area contributed by atoms with Crippen LogP contribution in [0.1, 0.15) is 48.5 Å². The summed E-state index contributed by atoms with van der Waals surface area (Å²) in [4.78, 5) is 24.9. The Labute approximate surface area is 152 Å². The van der Waals surface area contributed by atoms with Crippen molar-refractivity contribution in [2.75, 3.05) is 0 Å². The van der Waals surface area contributed by atoms with Crippen LogP contribution in [0.4, 0.5) is 0 Å². The average molecular weight is 349 g/mol. The molecular weight excluding hydrogens is 326 g/mol. The van der Waals surface area contributed by atoms with Crippen LogP contribution in [0.2, 0.25) is 0 Å². The number of para-hydroxylation sites is 1. The van der Waals surface area contributed by atoms with E-state index in [0.717, 1.165) is 12.0 Å². The number of carbonyl (C=O) groups excluding carboxylic acids is 1. The van der Waals surface area contributed by atoms with Gasteiger partial charge in [-0.2, -0.15) is 0 Å². The van der Waals surface area contributed by atoms with Crippen molar-refractivity contribution in [2.24, 2.45) is 5.92 Å². The molecule has 1 N–H and O–H groups in total. The topological polar surface area (TPSA) is 59.3 Å². The summed E-state index contributed by atoms with van der Waals surface area (Å²) in [7, 11) is 0. The van der Waals surface area contributed by atoms with Gasteiger partial charge < -0.3 is 9.73 Å². The highest BCUT2D eigenvalue weighted by atomic mass is 16.3. The first-order chi connectivity index (χ1) is 12.5. The molecule has 0 spiro atoms. The minimum absolute atomic E-state index is 0.0320. The molecule has 0 aliphatic rings. The zero-order valence-electron chi connectivity index (χ0n) is 15.3. The second-order valence-corrected chi connectivity index (χ2v) is 6.76. The lowest BCUT2D eigenvalue weighted by Crippen LogP contribution is -2.32. The minimum atomic E-state index is -0.383. The number of amides is 1. The summed E-state index contributed by atoms with van der Waals surface area (Å²) in [6.45, 7) is 6.21. The van der Waals surface area contributed by atoms with Gasteiger partial charge in [0.25, 0.3) is 5.91 Å². The van der Waals surface area contributed by atoms with Crippen LogP contribution in [0, 0.1) is 5.92 Å². The summed E-state index contributed by atoms with van der Waals surface area (Å²) in [5, 5.41) is 3.48. The molecule has 3 aromatic rings. The average Bonchev–Trinajstić information content (AvgIpc) is 2.65. The molecule has 0 aliphatic carbocycles. The van der Waals surface area contributed by atoms with Crippen molar-refractivity contribution >= 4 is 16.9 Å². The molecule has 0 saturated carbocycles. The number of hydrogen-bond acceptors (Lipinski definition) is 3. The Hall–Kier alpha value is -2.88. The largest absolute Gasteiger partial charge is 0.451 e. The van der Waals surface area contributed by atoms with Gasteiger partial charge in [-0.25, -0.2) is 0 Å². The van der Waals surface area contributed by atoms with E-state index >= 15 is 0 Å². The maximum atomic E-state index is 12.7. The first-order valence-electron chi connectivity index (χ1n) is 8.92. The van der Waals surface area contributed by atoms with Crippen LogP contribution in [0.15, 0.2) is 63.8 Å². The summed E-state index contributed by atoms with van der Waals surface area (Å²) in [5.74, 6) is -0.158. The molecule has 1 aromatic heterocycles. The Morgan fingerprint density at radius 3 is 2.42 bits per heavy atom. The van der Waals surface area contributed by atoms with E-state index in [0.29, 0.717) is 11.0 Å². The van der Waals surface area contributed by atoms with E-state index in [1.165, 1.54) is 11.6 Å². The maximum Gasteiger partial charge on any atom is 0.287 e. The van der Waals surface area contributed by atoms with Gasteiger partial charge in [-0.05, 0) is 35.6 Å². The highest BCUT2D eigenvalue weighted by Gasteiger charge is 2.21. The van der Waals surface area contributed by atoms with Crippen molar-refractivity contribution in [3.63, 3.8) is 0 Å². The summed E-state index contributed by atoms with van der Waals surface area (Å²) >= 11 is 0. The number of nitrogens with one attached hydrogen (secondary N) is 1. The SMILES string of the molecule is CCc1ccc([C@@H](NC(=O)c2cc(=O)c3ccccc3o2)C(C)C)cc1. The van der Waals surface area contributed by atoms with Gasteiger partial charge in [-0.3, -0.25) is 9.59 Å². The van der Waals surface area contributed by atoms with E-state index in [2.05, 4.69) is 38.2 Å². The molecule has 0 unspecified atom stereocenters. The Bertz CT molecular complexity index is 971. The van der Waals surface area contributed by atoms with Gasteiger partial charge in [0.15, 0.2) is 11.2 Å². The molecule has 1 atom stereocenters. The molecule has 26 heavy (non-hydrogen) atoms. The summed E-state index contributed by atoms with van der Waals surface area (Å²) in [6.07, 6.45) is 0.973. The molecule has 0 saturated heterocycles. The van der Waals surface area contributed by atoms with E-state index in [9.17, 15) is 9.59 Å². The van der Waals surface area contributed by atoms with Gasteiger partial charge in [-0.1, -0.05) is 57.2 Å². The zero-order chi connectivity index (χ0) is 18.7. The summed E-state index contributed by atoms with van der Waals surface area (Å²) in [6, 6.07) is 16.3. The van der Waals surface area contributed by atoms with Crippen LogP contribution in [0.3, 0.4) is 0 Å². The normalized spacial score (nSPS) is 12.3. The van der Waals surface area contributed by atoms with Gasteiger partial charge in [0.2, 0.25) is 0 Å². The zero-order valence-corrected chi connectivity index (χ0v) is 15.3. The van der Waals surface area contributed by atoms with Gasteiger partial charge in [0, 0.05) is 6.07 Å². The molecule has 4 heteroatoms. The van der Waals surface area contributed by atoms with Crippen molar-refractivity contribution in [1.82, 2.24) is 5.32 Å². The van der Waals surface area contributed by atoms with Crippen LogP contribution in [0.5, 0.6) is 0 Å². The lowest BCUT2D eigenvalue weighted by molar-refractivity contribution is 0.0898. The van der Waals surface area contributed by atoms with Crippen LogP contribution >= 0.6 is 0 Å². The minimum Gasteiger partial charge on any atom is -0.451 e. The summed E-state index contributed by atoms with van der Waals surface area (Å²) in [5.41, 5.74) is 2.49. The predicted octanol–water partition coefficient (Wildman–Crippen LogP) is 4.48. The van der Waals surface area contributed by atoms with Crippen molar-refractivity contribution in [2.45, 2.75) is 33.2 Å². The molecular formula is C22H23NO3. The Kier molecular flexibility index (Phi) is 5.21. The quantitative estimate of drug-likeness (QED) is 0.739. The first-order valence-corrected chi connectivity index (χ1v) is 8.92. The third-order valence-electron chi connectivity index (χ3n) is 4.56. The van der Waals surface area contributed by atoms with E-state index in [4.69, 9.17) is 4.42 Å². The van der Waals surface area contributed by atoms with Gasteiger partial charge in [-0.15, -0.1) is 0 Å². The van der Waals surface area contributed by atoms with Gasteiger partial charge in [0.05, 0.1) is 11.4 Å². The maximum absolute atomic E-state index is 12.7. The van der Waals surface area contributed by atoms with E-state index < -0.39 is 0 Å². The predicted molar refractivity (Wildman–Crippen MR) is 103 cm³/mol. The van der Waals surface area contributed by atoms with Crippen LogP contribution in [0.25, 0.3) is 11.0 Å². The lowest BCUT2D eigenvalue weighted by atomic mass is 9.94. The third kappa shape index (κ3) is 3.69. The first kappa shape index (κ1) is 17.9. The van der Waals surface area contributed by atoms with Crippen molar-refractivity contribution in [3.8, 4) is 0 Å². The molecule has 3 rings (SSSR count). The lowest BCUT2D eigenvalue weighted by Gasteiger charge is -2.23. The number of carbonyl (C=O) groups is 1. The number of fused-ring (bicyclic) bond motifs is 1. The highest BCUT2D eigenvalue weighted by Crippen LogP contribution is 2.23. The number of aryl methyl sites for hydroxylation is 1. The van der Waals surface area contributed by atoms with Crippen LogP contribution in [-0.2, 0) is 6.42 Å². The Morgan fingerprint density at radius 1 is 1.08 bits per heavy atom. The van der Waals surface area contributed by atoms with E-state index in [1.54, 1.807) is 24.3 Å². The van der Waals surface area contributed by atoms with Crippen molar-refractivity contribution in [1.29, 1.82) is 0 Å². The van der Waals surface area contributed by atoms with Gasteiger partial charge in [0.1, 0.15) is 5.58 Å². The van der Waals surface area contributed by atoms with Crippen LogP contribution in [-0.4, -0.2) is 5.91 Å². The van der Waals surface area contributed by atoms with E-state index in [1.807, 2.05) is 12.1 Å². The smallest absolute Gasteiger partial charge is 0.287 e. The van der Waals surface area contributed by atoms with E-state index in [-0.39, 0.29) is 29.1 Å². The third-order valence-corrected chi connectivity index (χ3v) is 4.56. The Morgan fingerprint density at radius 2 is 1.77 bits per heavy atom. The molecule has 2 aromatic carbocycles. The number of hydrogen-bond donors (Lipinski definition) is 1. The molecule has 0 aliphatic heterocycles. The fraction of sp³-hybridized carbons (Fsp3) is 0.273. The van der Waals surface area contributed by atoms with Crippen molar-refractivity contribution in [3.05, 3.63) is 81.7 Å². The fourth-order valence-corrected chi connectivity index (χ4v) is 3.02. The number of benzene rings is 2. The molecule has 4 nitrogen and oxygen atoms in total. The second-order valence-electron chi connectivity index (χ2n) is 6.76. The molecule has 134 valence electrons.